The third kappa shape index (κ3) is 4.32. The number of carboxylic acid groups (broad SMARTS) is 1. The maximum Gasteiger partial charge on any atom is 0.305 e. The number of pyridine rings is 1. The van der Waals surface area contributed by atoms with Crippen molar-refractivity contribution in [3.05, 3.63) is 35.5 Å². The number of likely N-dealkylation sites (N-methyl/N-ethyl adjacent to an activating group) is 1. The summed E-state index contributed by atoms with van der Waals surface area (Å²) in [6.45, 7) is 2.20. The number of carbonyl (C=O) groups excluding carboxylic acids is 1. The van der Waals surface area contributed by atoms with Crippen LogP contribution in [0.5, 0.6) is 5.75 Å². The van der Waals surface area contributed by atoms with Crippen molar-refractivity contribution in [2.24, 2.45) is 0 Å². The van der Waals surface area contributed by atoms with E-state index in [2.05, 4.69) is 4.98 Å². The monoisotopic (exact) mass is 336 g/mol. The molecule has 0 aliphatic carbocycles. The van der Waals surface area contributed by atoms with Crippen LogP contribution in [-0.2, 0) is 9.59 Å². The van der Waals surface area contributed by atoms with E-state index in [-0.39, 0.29) is 25.5 Å². The van der Waals surface area contributed by atoms with Gasteiger partial charge in [-0.25, -0.2) is 0 Å². The highest BCUT2D eigenvalue weighted by molar-refractivity contribution is 6.35. The Labute approximate surface area is 138 Å². The average molecular weight is 337 g/mol. The Morgan fingerprint density at radius 2 is 2.13 bits per heavy atom. The molecule has 0 saturated heterocycles. The lowest BCUT2D eigenvalue weighted by Gasteiger charge is -2.20. The van der Waals surface area contributed by atoms with Crippen LogP contribution >= 0.6 is 11.6 Å². The number of rotatable bonds is 7. The number of ether oxygens (including phenoxy) is 1. The highest BCUT2D eigenvalue weighted by atomic mass is 35.5. The van der Waals surface area contributed by atoms with Crippen molar-refractivity contribution in [1.29, 1.82) is 0 Å². The number of amides is 1. The number of carboxylic acids is 1. The number of benzene rings is 1. The van der Waals surface area contributed by atoms with Crippen LogP contribution < -0.4 is 4.74 Å². The van der Waals surface area contributed by atoms with Crippen molar-refractivity contribution in [2.45, 2.75) is 13.3 Å². The normalized spacial score (nSPS) is 10.5. The molecule has 0 aliphatic rings. The summed E-state index contributed by atoms with van der Waals surface area (Å²) in [5.74, 6) is -0.745. The Balaban J connectivity index is 2.07. The van der Waals surface area contributed by atoms with E-state index < -0.39 is 5.97 Å². The minimum absolute atomic E-state index is 0.0923. The van der Waals surface area contributed by atoms with Gasteiger partial charge in [0.15, 0.2) is 6.61 Å². The molecule has 122 valence electrons. The van der Waals surface area contributed by atoms with Crippen LogP contribution in [0.4, 0.5) is 0 Å². The fourth-order valence-electron chi connectivity index (χ4n) is 2.15. The van der Waals surface area contributed by atoms with Crippen molar-refractivity contribution >= 4 is 34.4 Å². The van der Waals surface area contributed by atoms with E-state index in [1.54, 1.807) is 31.3 Å². The minimum Gasteiger partial charge on any atom is -0.481 e. The maximum atomic E-state index is 12.1. The van der Waals surface area contributed by atoms with Gasteiger partial charge >= 0.3 is 5.97 Å². The second-order valence-corrected chi connectivity index (χ2v) is 5.26. The molecule has 0 saturated carbocycles. The third-order valence-corrected chi connectivity index (χ3v) is 3.69. The van der Waals surface area contributed by atoms with Crippen LogP contribution in [0.2, 0.25) is 5.02 Å². The first-order valence-electron chi connectivity index (χ1n) is 7.18. The van der Waals surface area contributed by atoms with Gasteiger partial charge in [-0.05, 0) is 31.2 Å². The molecule has 2 aromatic rings. The Morgan fingerprint density at radius 3 is 2.83 bits per heavy atom. The highest BCUT2D eigenvalue weighted by Gasteiger charge is 2.15. The second-order valence-electron chi connectivity index (χ2n) is 4.85. The molecule has 0 radical (unpaired) electrons. The predicted molar refractivity (Wildman–Crippen MR) is 86.8 cm³/mol. The molecule has 1 amide bonds. The number of nitrogens with zero attached hydrogens (tertiary/aromatic N) is 2. The summed E-state index contributed by atoms with van der Waals surface area (Å²) in [5.41, 5.74) is 0.585. The van der Waals surface area contributed by atoms with Gasteiger partial charge in [0.05, 0.1) is 11.4 Å². The standard InChI is InChI=1S/C16H17ClN2O4/c1-2-19(9-7-15(21)22)14(20)10-23-13-6-5-12(17)11-4-3-8-18-16(11)13/h3-6,8H,2,7,9-10H2,1H3,(H,21,22). The fraction of sp³-hybridized carbons (Fsp3) is 0.312. The van der Waals surface area contributed by atoms with Gasteiger partial charge in [0.1, 0.15) is 11.3 Å². The Bertz CT molecular complexity index is 720. The largest absolute Gasteiger partial charge is 0.481 e. The zero-order valence-corrected chi connectivity index (χ0v) is 13.4. The SMILES string of the molecule is CCN(CCC(=O)O)C(=O)COc1ccc(Cl)c2cccnc12. The van der Waals surface area contributed by atoms with Crippen LogP contribution in [0.1, 0.15) is 13.3 Å². The molecule has 1 aromatic heterocycles. The molecule has 6 nitrogen and oxygen atoms in total. The molecule has 0 aliphatic heterocycles. The molecule has 7 heteroatoms. The van der Waals surface area contributed by atoms with Crippen molar-refractivity contribution in [3.8, 4) is 5.75 Å². The second kappa shape index (κ2) is 7.78. The van der Waals surface area contributed by atoms with Gasteiger partial charge in [0, 0.05) is 24.7 Å². The van der Waals surface area contributed by atoms with Crippen molar-refractivity contribution in [2.75, 3.05) is 19.7 Å². The number of aromatic nitrogens is 1. The van der Waals surface area contributed by atoms with Gasteiger partial charge in [0.25, 0.3) is 5.91 Å². The molecule has 0 unspecified atom stereocenters. The summed E-state index contributed by atoms with van der Waals surface area (Å²) in [4.78, 5) is 28.4. The number of halogens is 1. The van der Waals surface area contributed by atoms with E-state index in [1.807, 2.05) is 6.07 Å². The molecular formula is C16H17ClN2O4. The van der Waals surface area contributed by atoms with Gasteiger partial charge in [-0.1, -0.05) is 11.6 Å². The van der Waals surface area contributed by atoms with Crippen molar-refractivity contribution in [1.82, 2.24) is 9.88 Å². The molecule has 1 aromatic carbocycles. The molecule has 1 heterocycles. The first-order valence-corrected chi connectivity index (χ1v) is 7.56. The average Bonchev–Trinajstić information content (AvgIpc) is 2.55. The Kier molecular flexibility index (Phi) is 5.76. The van der Waals surface area contributed by atoms with E-state index in [1.165, 1.54) is 4.90 Å². The summed E-state index contributed by atoms with van der Waals surface area (Å²) in [6.07, 6.45) is 1.53. The summed E-state index contributed by atoms with van der Waals surface area (Å²) in [6, 6.07) is 6.95. The maximum absolute atomic E-state index is 12.1. The quantitative estimate of drug-likeness (QED) is 0.840. The molecular weight excluding hydrogens is 320 g/mol. The molecule has 0 atom stereocenters. The highest BCUT2D eigenvalue weighted by Crippen LogP contribution is 2.29. The van der Waals surface area contributed by atoms with Crippen molar-refractivity contribution < 1.29 is 19.4 Å². The zero-order valence-electron chi connectivity index (χ0n) is 12.7. The van der Waals surface area contributed by atoms with Crippen LogP contribution in [0.15, 0.2) is 30.5 Å². The van der Waals surface area contributed by atoms with E-state index in [9.17, 15) is 9.59 Å². The topological polar surface area (TPSA) is 79.7 Å². The predicted octanol–water partition coefficient (Wildman–Crippen LogP) is 2.59. The third-order valence-electron chi connectivity index (χ3n) is 3.36. The smallest absolute Gasteiger partial charge is 0.305 e. The van der Waals surface area contributed by atoms with E-state index in [0.717, 1.165) is 5.39 Å². The molecule has 0 fully saturated rings. The number of hydrogen-bond donors (Lipinski definition) is 1. The van der Waals surface area contributed by atoms with E-state index in [4.69, 9.17) is 21.4 Å². The van der Waals surface area contributed by atoms with Gasteiger partial charge in [-0.3, -0.25) is 14.6 Å². The summed E-state index contributed by atoms with van der Waals surface area (Å²) >= 11 is 6.11. The Hall–Kier alpha value is -2.34. The van der Waals surface area contributed by atoms with Gasteiger partial charge in [0.2, 0.25) is 0 Å². The van der Waals surface area contributed by atoms with Crippen LogP contribution in [-0.4, -0.2) is 46.6 Å². The first kappa shape index (κ1) is 17.0. The summed E-state index contributed by atoms with van der Waals surface area (Å²) in [7, 11) is 0. The lowest BCUT2D eigenvalue weighted by molar-refractivity contribution is -0.139. The van der Waals surface area contributed by atoms with Gasteiger partial charge in [-0.2, -0.15) is 0 Å². The van der Waals surface area contributed by atoms with Crippen LogP contribution in [0.3, 0.4) is 0 Å². The Morgan fingerprint density at radius 1 is 1.35 bits per heavy atom. The minimum atomic E-state index is -0.940. The number of fused-ring (bicyclic) bond motifs is 1. The van der Waals surface area contributed by atoms with E-state index >= 15 is 0 Å². The molecule has 1 N–H and O–H groups in total. The lowest BCUT2D eigenvalue weighted by atomic mass is 10.2. The van der Waals surface area contributed by atoms with Gasteiger partial charge in [-0.15, -0.1) is 0 Å². The summed E-state index contributed by atoms with van der Waals surface area (Å²) < 4.78 is 5.57. The molecule has 0 bridgehead atoms. The van der Waals surface area contributed by atoms with Crippen LogP contribution in [0.25, 0.3) is 10.9 Å². The lowest BCUT2D eigenvalue weighted by Crippen LogP contribution is -2.36. The number of aliphatic carboxylic acids is 1. The zero-order chi connectivity index (χ0) is 16.8. The number of carbonyl (C=O) groups is 2. The van der Waals surface area contributed by atoms with Gasteiger partial charge < -0.3 is 14.7 Å². The summed E-state index contributed by atoms with van der Waals surface area (Å²) in [5, 5.41) is 10.0. The fourth-order valence-corrected chi connectivity index (χ4v) is 2.36. The first-order chi connectivity index (χ1) is 11.0. The van der Waals surface area contributed by atoms with Crippen LogP contribution in [0, 0.1) is 0 Å². The van der Waals surface area contributed by atoms with E-state index in [0.29, 0.717) is 22.8 Å². The van der Waals surface area contributed by atoms with Crippen molar-refractivity contribution in [3.63, 3.8) is 0 Å². The molecule has 23 heavy (non-hydrogen) atoms. The number of hydrogen-bond acceptors (Lipinski definition) is 4. The molecule has 2 rings (SSSR count). The molecule has 0 spiro atoms.